The Bertz CT molecular complexity index is 489. The van der Waals surface area contributed by atoms with Crippen LogP contribution in [0.5, 0.6) is 0 Å². The number of hydrogen-bond acceptors (Lipinski definition) is 3. The first kappa shape index (κ1) is 14.0. The average molecular weight is 251 g/mol. The Morgan fingerprint density at radius 3 is 2.56 bits per heavy atom. The van der Waals surface area contributed by atoms with Crippen molar-refractivity contribution < 1.29 is 14.7 Å². The van der Waals surface area contributed by atoms with Crippen LogP contribution >= 0.6 is 0 Å². The standard InChI is InChI=1S/C12H17N3O3/c1-8(9(2)12(17)18)11(16)14-5-4-10-13-6-7-15(10)3/h6-7H,4-5H2,1-3H3,(H,14,16)(H,17,18). The molecule has 98 valence electrons. The Hall–Kier alpha value is -2.11. The molecule has 0 atom stereocenters. The molecule has 0 spiro atoms. The summed E-state index contributed by atoms with van der Waals surface area (Å²) in [6.07, 6.45) is 4.13. The Kier molecular flexibility index (Phi) is 4.65. The molecule has 1 amide bonds. The van der Waals surface area contributed by atoms with Gasteiger partial charge in [0, 0.05) is 43.6 Å². The van der Waals surface area contributed by atoms with Crippen molar-refractivity contribution in [1.82, 2.24) is 14.9 Å². The van der Waals surface area contributed by atoms with Gasteiger partial charge in [0.25, 0.3) is 0 Å². The molecule has 1 heterocycles. The van der Waals surface area contributed by atoms with Gasteiger partial charge in [-0.2, -0.15) is 0 Å². The fourth-order valence-electron chi connectivity index (χ4n) is 1.39. The molecule has 0 radical (unpaired) electrons. The molecule has 1 rings (SSSR count). The molecule has 2 N–H and O–H groups in total. The minimum absolute atomic E-state index is 0.0597. The number of carboxylic acid groups (broad SMARTS) is 1. The first-order chi connectivity index (χ1) is 8.43. The van der Waals surface area contributed by atoms with Crippen molar-refractivity contribution in [1.29, 1.82) is 0 Å². The van der Waals surface area contributed by atoms with Crippen molar-refractivity contribution in [2.75, 3.05) is 6.54 Å². The number of nitrogens with zero attached hydrogens (tertiary/aromatic N) is 2. The summed E-state index contributed by atoms with van der Waals surface area (Å²) >= 11 is 0. The topological polar surface area (TPSA) is 84.2 Å². The van der Waals surface area contributed by atoms with E-state index in [-0.39, 0.29) is 17.1 Å². The van der Waals surface area contributed by atoms with Gasteiger partial charge in [-0.15, -0.1) is 0 Å². The van der Waals surface area contributed by atoms with Crippen molar-refractivity contribution >= 4 is 11.9 Å². The highest BCUT2D eigenvalue weighted by atomic mass is 16.4. The number of nitrogens with one attached hydrogen (secondary N) is 1. The molecular weight excluding hydrogens is 234 g/mol. The second kappa shape index (κ2) is 6.00. The smallest absolute Gasteiger partial charge is 0.331 e. The van der Waals surface area contributed by atoms with Crippen LogP contribution in [0.25, 0.3) is 0 Å². The third-order valence-electron chi connectivity index (χ3n) is 2.78. The highest BCUT2D eigenvalue weighted by Crippen LogP contribution is 2.03. The molecule has 6 nitrogen and oxygen atoms in total. The zero-order chi connectivity index (χ0) is 13.7. The number of amides is 1. The molecule has 1 aromatic heterocycles. The van der Waals surface area contributed by atoms with Crippen LogP contribution in [0.2, 0.25) is 0 Å². The van der Waals surface area contributed by atoms with E-state index in [0.717, 1.165) is 5.82 Å². The van der Waals surface area contributed by atoms with Crippen LogP contribution in [0.15, 0.2) is 23.5 Å². The van der Waals surface area contributed by atoms with E-state index in [1.54, 1.807) is 6.20 Å². The summed E-state index contributed by atoms with van der Waals surface area (Å²) in [5.41, 5.74) is 0.284. The summed E-state index contributed by atoms with van der Waals surface area (Å²) in [7, 11) is 1.88. The van der Waals surface area contributed by atoms with E-state index in [1.807, 2.05) is 17.8 Å². The van der Waals surface area contributed by atoms with Crippen LogP contribution in [0.3, 0.4) is 0 Å². The molecule has 0 aliphatic heterocycles. The molecule has 0 saturated carbocycles. The quantitative estimate of drug-likeness (QED) is 0.746. The number of carbonyl (C=O) groups excluding carboxylic acids is 1. The summed E-state index contributed by atoms with van der Waals surface area (Å²) in [5, 5.41) is 11.4. The fraction of sp³-hybridized carbons (Fsp3) is 0.417. The van der Waals surface area contributed by atoms with Gasteiger partial charge in [-0.3, -0.25) is 4.79 Å². The van der Waals surface area contributed by atoms with Gasteiger partial charge < -0.3 is 15.0 Å². The van der Waals surface area contributed by atoms with Crippen molar-refractivity contribution in [3.63, 3.8) is 0 Å². The van der Waals surface area contributed by atoms with Gasteiger partial charge in [-0.25, -0.2) is 9.78 Å². The maximum Gasteiger partial charge on any atom is 0.331 e. The lowest BCUT2D eigenvalue weighted by atomic mass is 10.1. The molecule has 1 aromatic rings. The van der Waals surface area contributed by atoms with Gasteiger partial charge in [0.05, 0.1) is 0 Å². The zero-order valence-corrected chi connectivity index (χ0v) is 10.7. The number of imidazole rings is 1. The predicted octanol–water partition coefficient (Wildman–Crippen LogP) is 0.500. The normalized spacial score (nSPS) is 11.9. The number of aliphatic carboxylic acids is 1. The molecule has 0 unspecified atom stereocenters. The third-order valence-corrected chi connectivity index (χ3v) is 2.78. The number of hydrogen-bond donors (Lipinski definition) is 2. The van der Waals surface area contributed by atoms with Gasteiger partial charge in [0.15, 0.2) is 0 Å². The van der Waals surface area contributed by atoms with Crippen molar-refractivity contribution in [3.8, 4) is 0 Å². The fourth-order valence-corrected chi connectivity index (χ4v) is 1.39. The average Bonchev–Trinajstić information content (AvgIpc) is 2.73. The molecule has 0 fully saturated rings. The van der Waals surface area contributed by atoms with E-state index >= 15 is 0 Å². The molecule has 0 aromatic carbocycles. The molecule has 0 aliphatic rings. The summed E-state index contributed by atoms with van der Waals surface area (Å²) in [4.78, 5) is 26.5. The van der Waals surface area contributed by atoms with E-state index in [2.05, 4.69) is 10.3 Å². The van der Waals surface area contributed by atoms with Gasteiger partial charge in [-0.05, 0) is 13.8 Å². The van der Waals surface area contributed by atoms with E-state index < -0.39 is 5.97 Å². The number of carboxylic acids is 1. The molecule has 0 saturated heterocycles. The highest BCUT2D eigenvalue weighted by molar-refractivity contribution is 6.01. The lowest BCUT2D eigenvalue weighted by Gasteiger charge is -2.07. The lowest BCUT2D eigenvalue weighted by Crippen LogP contribution is -2.28. The Balaban J connectivity index is 2.50. The van der Waals surface area contributed by atoms with Crippen molar-refractivity contribution in [2.24, 2.45) is 7.05 Å². The summed E-state index contributed by atoms with van der Waals surface area (Å²) in [5.74, 6) is -0.567. The number of aromatic nitrogens is 2. The summed E-state index contributed by atoms with van der Waals surface area (Å²) in [6.45, 7) is 3.34. The van der Waals surface area contributed by atoms with Crippen molar-refractivity contribution in [2.45, 2.75) is 20.3 Å². The number of carbonyl (C=O) groups is 2. The Morgan fingerprint density at radius 2 is 2.06 bits per heavy atom. The number of rotatable bonds is 5. The van der Waals surface area contributed by atoms with Gasteiger partial charge >= 0.3 is 5.97 Å². The van der Waals surface area contributed by atoms with E-state index in [9.17, 15) is 9.59 Å². The molecule has 0 bridgehead atoms. The minimum atomic E-state index is -1.08. The van der Waals surface area contributed by atoms with E-state index in [4.69, 9.17) is 5.11 Å². The van der Waals surface area contributed by atoms with Crippen LogP contribution in [0.1, 0.15) is 19.7 Å². The Morgan fingerprint density at radius 1 is 1.39 bits per heavy atom. The summed E-state index contributed by atoms with van der Waals surface area (Å²) in [6, 6.07) is 0. The second-order valence-corrected chi connectivity index (χ2v) is 4.02. The van der Waals surface area contributed by atoms with E-state index in [1.165, 1.54) is 13.8 Å². The van der Waals surface area contributed by atoms with Crippen LogP contribution < -0.4 is 5.32 Å². The first-order valence-corrected chi connectivity index (χ1v) is 5.58. The molecule has 6 heteroatoms. The van der Waals surface area contributed by atoms with Crippen LogP contribution in [0.4, 0.5) is 0 Å². The zero-order valence-electron chi connectivity index (χ0n) is 10.7. The minimum Gasteiger partial charge on any atom is -0.478 e. The Labute approximate surface area is 105 Å². The van der Waals surface area contributed by atoms with Gasteiger partial charge in [0.1, 0.15) is 5.82 Å². The van der Waals surface area contributed by atoms with Crippen molar-refractivity contribution in [3.05, 3.63) is 29.4 Å². The van der Waals surface area contributed by atoms with Crippen LogP contribution in [0, 0.1) is 0 Å². The molecule has 0 aliphatic carbocycles. The highest BCUT2D eigenvalue weighted by Gasteiger charge is 2.12. The maximum atomic E-state index is 11.6. The van der Waals surface area contributed by atoms with Crippen LogP contribution in [-0.4, -0.2) is 33.1 Å². The van der Waals surface area contributed by atoms with Gasteiger partial charge in [0.2, 0.25) is 5.91 Å². The maximum absolute atomic E-state index is 11.6. The first-order valence-electron chi connectivity index (χ1n) is 5.58. The largest absolute Gasteiger partial charge is 0.478 e. The second-order valence-electron chi connectivity index (χ2n) is 4.02. The molecular formula is C12H17N3O3. The van der Waals surface area contributed by atoms with Gasteiger partial charge in [-0.1, -0.05) is 0 Å². The number of aryl methyl sites for hydroxylation is 1. The monoisotopic (exact) mass is 251 g/mol. The SMILES string of the molecule is CC(C(=O)O)=C(C)C(=O)NCCc1nccn1C. The van der Waals surface area contributed by atoms with E-state index in [0.29, 0.717) is 13.0 Å². The molecule has 18 heavy (non-hydrogen) atoms. The third kappa shape index (κ3) is 3.44. The predicted molar refractivity (Wildman–Crippen MR) is 65.9 cm³/mol. The lowest BCUT2D eigenvalue weighted by molar-refractivity contribution is -0.133. The van der Waals surface area contributed by atoms with Crippen LogP contribution in [-0.2, 0) is 23.1 Å². The summed E-state index contributed by atoms with van der Waals surface area (Å²) < 4.78 is 1.87.